The second kappa shape index (κ2) is 11.1. The Bertz CT molecular complexity index is 317. The molecule has 0 spiro atoms. The minimum Gasteiger partial charge on any atom is -0.361 e. The average Bonchev–Trinajstić information content (AvgIpc) is 2.40. The van der Waals surface area contributed by atoms with Gasteiger partial charge >= 0.3 is 0 Å². The van der Waals surface area contributed by atoms with Crippen molar-refractivity contribution in [2.45, 2.75) is 65.0 Å². The van der Waals surface area contributed by atoms with E-state index in [0.717, 1.165) is 6.54 Å². The van der Waals surface area contributed by atoms with Crippen LogP contribution in [0.5, 0.6) is 0 Å². The van der Waals surface area contributed by atoms with Crippen molar-refractivity contribution in [1.82, 2.24) is 16.2 Å². The molecule has 0 aliphatic carbocycles. The molecular formula is C15H31N3OS2. The molecule has 3 N–H and O–H groups in total. The highest BCUT2D eigenvalue weighted by molar-refractivity contribution is 8.01. The highest BCUT2D eigenvalue weighted by atomic mass is 32.2. The van der Waals surface area contributed by atoms with Crippen LogP contribution in [0.1, 0.15) is 60.3 Å². The molecule has 0 rings (SSSR count). The monoisotopic (exact) mass is 333 g/mol. The van der Waals surface area contributed by atoms with E-state index in [-0.39, 0.29) is 10.7 Å². The van der Waals surface area contributed by atoms with Crippen molar-refractivity contribution in [3.63, 3.8) is 0 Å². The molecule has 21 heavy (non-hydrogen) atoms. The molecule has 0 heterocycles. The molecule has 0 aliphatic rings. The Labute approximate surface area is 139 Å². The molecule has 6 heteroatoms. The molecule has 0 aromatic carbocycles. The Morgan fingerprint density at radius 1 is 1.24 bits per heavy atom. The molecule has 1 amide bonds. The van der Waals surface area contributed by atoms with Crippen LogP contribution in [0.4, 0.5) is 0 Å². The summed E-state index contributed by atoms with van der Waals surface area (Å²) >= 11 is 6.75. The Kier molecular flexibility index (Phi) is 10.9. The van der Waals surface area contributed by atoms with Crippen LogP contribution < -0.4 is 16.2 Å². The van der Waals surface area contributed by atoms with E-state index >= 15 is 0 Å². The number of rotatable bonds is 8. The topological polar surface area (TPSA) is 53.2 Å². The van der Waals surface area contributed by atoms with Gasteiger partial charge in [-0.15, -0.1) is 11.8 Å². The summed E-state index contributed by atoms with van der Waals surface area (Å²) in [4.78, 5) is 11.6. The number of hydrogen-bond acceptors (Lipinski definition) is 3. The third-order valence-electron chi connectivity index (χ3n) is 2.86. The van der Waals surface area contributed by atoms with Crippen molar-refractivity contribution in [2.24, 2.45) is 5.92 Å². The molecule has 0 saturated carbocycles. The maximum atomic E-state index is 11.6. The average molecular weight is 334 g/mol. The molecule has 0 fully saturated rings. The number of hydrazine groups is 1. The number of thioether (sulfide) groups is 1. The predicted octanol–water partition coefficient (Wildman–Crippen LogP) is 3.23. The Morgan fingerprint density at radius 3 is 2.48 bits per heavy atom. The van der Waals surface area contributed by atoms with Crippen molar-refractivity contribution in [3.05, 3.63) is 0 Å². The molecule has 4 nitrogen and oxygen atoms in total. The van der Waals surface area contributed by atoms with Crippen LogP contribution in [0.15, 0.2) is 0 Å². The lowest BCUT2D eigenvalue weighted by Crippen LogP contribution is -2.48. The van der Waals surface area contributed by atoms with E-state index in [2.05, 4.69) is 50.8 Å². The second-order valence-corrected chi connectivity index (χ2v) is 8.60. The maximum absolute atomic E-state index is 11.6. The summed E-state index contributed by atoms with van der Waals surface area (Å²) in [5.74, 6) is 0.950. The van der Waals surface area contributed by atoms with Gasteiger partial charge in [-0.3, -0.25) is 15.6 Å². The zero-order valence-corrected chi connectivity index (χ0v) is 15.7. The number of amides is 1. The van der Waals surface area contributed by atoms with Crippen LogP contribution in [0.3, 0.4) is 0 Å². The van der Waals surface area contributed by atoms with Crippen molar-refractivity contribution < 1.29 is 4.79 Å². The third kappa shape index (κ3) is 14.2. The van der Waals surface area contributed by atoms with Gasteiger partial charge < -0.3 is 5.32 Å². The number of hydrogen-bond donors (Lipinski definition) is 3. The normalized spacial score (nSPS) is 12.6. The van der Waals surface area contributed by atoms with Gasteiger partial charge in [0.25, 0.3) is 0 Å². The highest BCUT2D eigenvalue weighted by Crippen LogP contribution is 2.22. The van der Waals surface area contributed by atoms with Crippen molar-refractivity contribution >= 4 is 35.0 Å². The van der Waals surface area contributed by atoms with Gasteiger partial charge in [0.2, 0.25) is 5.91 Å². The van der Waals surface area contributed by atoms with Gasteiger partial charge in [0, 0.05) is 11.3 Å². The van der Waals surface area contributed by atoms with Crippen LogP contribution in [0.2, 0.25) is 0 Å². The van der Waals surface area contributed by atoms with Crippen molar-refractivity contribution in [1.29, 1.82) is 0 Å². The zero-order chi connectivity index (χ0) is 16.3. The van der Waals surface area contributed by atoms with Gasteiger partial charge in [0.05, 0.1) is 5.75 Å². The number of nitrogens with one attached hydrogen (secondary N) is 3. The Hall–Kier alpha value is -0.490. The molecule has 1 unspecified atom stereocenters. The van der Waals surface area contributed by atoms with E-state index in [1.54, 1.807) is 11.8 Å². The molecule has 0 radical (unpaired) electrons. The standard InChI is InChI=1S/C15H31N3OS2/c1-6-7-8-9-12(2)10-16-14(20)18-17-13(19)11-21-15(3,4)5/h12H,6-11H2,1-5H3,(H,17,19)(H2,16,18,20). The number of unbranched alkanes of at least 4 members (excludes halogenated alkanes) is 2. The summed E-state index contributed by atoms with van der Waals surface area (Å²) in [6, 6.07) is 0. The predicted molar refractivity (Wildman–Crippen MR) is 97.4 cm³/mol. The van der Waals surface area contributed by atoms with Crippen LogP contribution >= 0.6 is 24.0 Å². The summed E-state index contributed by atoms with van der Waals surface area (Å²) in [6.45, 7) is 11.5. The van der Waals surface area contributed by atoms with Crippen molar-refractivity contribution in [3.8, 4) is 0 Å². The summed E-state index contributed by atoms with van der Waals surface area (Å²) in [5.41, 5.74) is 5.37. The molecule has 0 aliphatic heterocycles. The minimum absolute atomic E-state index is 0.0601. The van der Waals surface area contributed by atoms with Gasteiger partial charge in [-0.25, -0.2) is 0 Å². The number of carbonyl (C=O) groups excluding carboxylic acids is 1. The lowest BCUT2D eigenvalue weighted by Gasteiger charge is -2.18. The van der Waals surface area contributed by atoms with Gasteiger partial charge in [0.15, 0.2) is 5.11 Å². The SMILES string of the molecule is CCCCCC(C)CNC(=S)NNC(=O)CSC(C)(C)C. The Morgan fingerprint density at radius 2 is 1.90 bits per heavy atom. The summed E-state index contributed by atoms with van der Waals surface area (Å²) in [5, 5.41) is 3.61. The van der Waals surface area contributed by atoms with Gasteiger partial charge in [-0.1, -0.05) is 53.9 Å². The van der Waals surface area contributed by atoms with Gasteiger partial charge in [-0.05, 0) is 24.6 Å². The molecule has 1 atom stereocenters. The third-order valence-corrected chi connectivity index (χ3v) is 4.38. The smallest absolute Gasteiger partial charge is 0.248 e. The Balaban J connectivity index is 3.68. The maximum Gasteiger partial charge on any atom is 0.248 e. The van der Waals surface area contributed by atoms with Crippen LogP contribution in [0.25, 0.3) is 0 Å². The largest absolute Gasteiger partial charge is 0.361 e. The lowest BCUT2D eigenvalue weighted by molar-refractivity contribution is -0.119. The van der Waals surface area contributed by atoms with Gasteiger partial charge in [0.1, 0.15) is 0 Å². The first-order chi connectivity index (χ1) is 9.74. The second-order valence-electron chi connectivity index (χ2n) is 6.39. The van der Waals surface area contributed by atoms with E-state index in [9.17, 15) is 4.79 Å². The van der Waals surface area contributed by atoms with E-state index < -0.39 is 0 Å². The fourth-order valence-corrected chi connectivity index (χ4v) is 2.37. The molecule has 0 bridgehead atoms. The molecular weight excluding hydrogens is 302 g/mol. The van der Waals surface area contributed by atoms with E-state index in [1.165, 1.54) is 25.7 Å². The summed E-state index contributed by atoms with van der Waals surface area (Å²) in [7, 11) is 0. The molecule has 124 valence electrons. The minimum atomic E-state index is -0.0601. The van der Waals surface area contributed by atoms with Crippen LogP contribution in [-0.2, 0) is 4.79 Å². The molecule has 0 aromatic rings. The first-order valence-electron chi connectivity index (χ1n) is 7.71. The molecule has 0 saturated heterocycles. The van der Waals surface area contributed by atoms with Crippen LogP contribution in [0, 0.1) is 5.92 Å². The fraction of sp³-hybridized carbons (Fsp3) is 0.867. The quantitative estimate of drug-likeness (QED) is 0.362. The van der Waals surface area contributed by atoms with E-state index in [0.29, 0.717) is 16.8 Å². The number of thiocarbonyl (C=S) groups is 1. The number of carbonyl (C=O) groups is 1. The van der Waals surface area contributed by atoms with Crippen molar-refractivity contribution in [2.75, 3.05) is 12.3 Å². The van der Waals surface area contributed by atoms with E-state index in [1.807, 2.05) is 0 Å². The van der Waals surface area contributed by atoms with Gasteiger partial charge in [-0.2, -0.15) is 0 Å². The molecule has 0 aromatic heterocycles. The zero-order valence-electron chi connectivity index (χ0n) is 14.0. The van der Waals surface area contributed by atoms with E-state index in [4.69, 9.17) is 12.2 Å². The highest BCUT2D eigenvalue weighted by Gasteiger charge is 2.13. The summed E-state index contributed by atoms with van der Waals surface area (Å²) < 4.78 is 0.0873. The summed E-state index contributed by atoms with van der Waals surface area (Å²) in [6.07, 6.45) is 5.01. The first-order valence-corrected chi connectivity index (χ1v) is 9.10. The first kappa shape index (κ1) is 20.5. The van der Waals surface area contributed by atoms with Crippen LogP contribution in [-0.4, -0.2) is 28.1 Å². The fourth-order valence-electron chi connectivity index (χ4n) is 1.60. The lowest BCUT2D eigenvalue weighted by atomic mass is 10.0.